The summed E-state index contributed by atoms with van der Waals surface area (Å²) in [5, 5.41) is 20.4. The molecule has 0 saturated carbocycles. The van der Waals surface area contributed by atoms with Gasteiger partial charge in [-0.3, -0.25) is 15.0 Å². The third-order valence-electron chi connectivity index (χ3n) is 7.14. The topological polar surface area (TPSA) is 132 Å². The predicted molar refractivity (Wildman–Crippen MR) is 127 cm³/mol. The minimum absolute atomic E-state index is 0.0749. The fraction of sp³-hybridized carbons (Fsp3) is 0.792. The summed E-state index contributed by atoms with van der Waals surface area (Å²) in [7, 11) is 0. The average molecular weight is 464 g/mol. The Balaban J connectivity index is 1.52. The first-order chi connectivity index (χ1) is 15.9. The van der Waals surface area contributed by atoms with E-state index in [1.165, 1.54) is 0 Å². The van der Waals surface area contributed by atoms with Gasteiger partial charge in [0.15, 0.2) is 5.96 Å². The molecule has 5 N–H and O–H groups in total. The highest BCUT2D eigenvalue weighted by Crippen LogP contribution is 2.23. The van der Waals surface area contributed by atoms with Crippen molar-refractivity contribution < 1.29 is 19.4 Å². The van der Waals surface area contributed by atoms with Gasteiger partial charge >= 0.3 is 5.97 Å². The zero-order chi connectivity index (χ0) is 23.6. The van der Waals surface area contributed by atoms with Gasteiger partial charge in [0.25, 0.3) is 0 Å². The molecule has 2 atom stereocenters. The van der Waals surface area contributed by atoms with E-state index in [9.17, 15) is 14.7 Å². The van der Waals surface area contributed by atoms with Crippen molar-refractivity contribution in [2.24, 2.45) is 5.73 Å². The summed E-state index contributed by atoms with van der Waals surface area (Å²) in [5.41, 5.74) is 5.56. The van der Waals surface area contributed by atoms with Gasteiger partial charge in [0.2, 0.25) is 5.91 Å². The van der Waals surface area contributed by atoms with E-state index < -0.39 is 12.0 Å². The quantitative estimate of drug-likeness (QED) is 0.234. The predicted octanol–water partition coefficient (Wildman–Crippen LogP) is 2.06. The van der Waals surface area contributed by atoms with Crippen molar-refractivity contribution in [1.29, 1.82) is 5.41 Å². The molecule has 1 aliphatic carbocycles. The second kappa shape index (κ2) is 12.9. The van der Waals surface area contributed by atoms with E-state index >= 15 is 0 Å². The number of nitrogens with two attached hydrogens (primary N) is 1. The first-order valence-corrected chi connectivity index (χ1v) is 12.6. The van der Waals surface area contributed by atoms with Crippen molar-refractivity contribution >= 4 is 17.8 Å². The van der Waals surface area contributed by atoms with Crippen LogP contribution in [0.4, 0.5) is 0 Å². The van der Waals surface area contributed by atoms with Gasteiger partial charge in [0, 0.05) is 38.3 Å². The van der Waals surface area contributed by atoms with E-state index in [-0.39, 0.29) is 36.5 Å². The Kier molecular flexibility index (Phi) is 9.99. The van der Waals surface area contributed by atoms with E-state index in [0.29, 0.717) is 13.2 Å². The first kappa shape index (κ1) is 25.5. The maximum atomic E-state index is 13.5. The van der Waals surface area contributed by atoms with Crippen molar-refractivity contribution in [1.82, 2.24) is 15.1 Å². The number of nitrogens with one attached hydrogen (secondary N) is 2. The van der Waals surface area contributed by atoms with Crippen molar-refractivity contribution in [3.05, 3.63) is 12.2 Å². The third kappa shape index (κ3) is 7.99. The number of carboxylic acid groups (broad SMARTS) is 1. The minimum Gasteiger partial charge on any atom is -0.481 e. The molecule has 2 aliphatic heterocycles. The number of nitrogens with zero attached hydrogens (tertiary/aromatic N) is 2. The van der Waals surface area contributed by atoms with E-state index in [2.05, 4.69) is 17.5 Å². The van der Waals surface area contributed by atoms with Crippen LogP contribution in [0, 0.1) is 5.41 Å². The summed E-state index contributed by atoms with van der Waals surface area (Å²) in [6.07, 6.45) is 13.5. The van der Waals surface area contributed by atoms with E-state index in [1.807, 2.05) is 9.80 Å². The van der Waals surface area contributed by atoms with Gasteiger partial charge in [-0.1, -0.05) is 12.2 Å². The molecule has 0 bridgehead atoms. The molecule has 0 radical (unpaired) electrons. The van der Waals surface area contributed by atoms with E-state index in [1.54, 1.807) is 0 Å². The number of guanidine groups is 1. The minimum atomic E-state index is -0.943. The number of likely N-dealkylation sites (tertiary alicyclic amines) is 2. The van der Waals surface area contributed by atoms with Crippen molar-refractivity contribution in [3.63, 3.8) is 0 Å². The lowest BCUT2D eigenvalue weighted by atomic mass is 9.97. The maximum Gasteiger partial charge on any atom is 0.305 e. The second-order valence-corrected chi connectivity index (χ2v) is 9.55. The Morgan fingerprint density at radius 3 is 2.42 bits per heavy atom. The van der Waals surface area contributed by atoms with Crippen LogP contribution >= 0.6 is 0 Å². The van der Waals surface area contributed by atoms with Crippen LogP contribution in [0.15, 0.2) is 12.2 Å². The molecule has 3 rings (SSSR count). The number of carboxylic acids is 1. The molecule has 3 aliphatic rings. The number of hydrogen-bond donors (Lipinski definition) is 4. The number of amides is 1. The number of carbonyl (C=O) groups excluding carboxylic acids is 1. The molecule has 0 aromatic rings. The summed E-state index contributed by atoms with van der Waals surface area (Å²) in [6.45, 7) is 2.76. The molecule has 2 heterocycles. The van der Waals surface area contributed by atoms with Gasteiger partial charge in [-0.15, -0.1) is 0 Å². The number of allylic oxidation sites excluding steroid dienone is 2. The third-order valence-corrected chi connectivity index (χ3v) is 7.14. The molecule has 9 heteroatoms. The van der Waals surface area contributed by atoms with Crippen molar-refractivity contribution in [2.45, 2.75) is 94.9 Å². The number of hydrogen-bond acceptors (Lipinski definition) is 5. The van der Waals surface area contributed by atoms with Crippen molar-refractivity contribution in [3.8, 4) is 0 Å². The standard InChI is InChI=1S/C24H41N5O4/c25-24(26)28-14-10-20(11-15-28)33-16-12-19-9-5-6-13-29(19)23(32)21(17-22(30)31)27-18-7-3-1-2-4-8-18/h1-2,18-21,27H,3-17H2,(H3,25,26)(H,30,31)/t19-,21-/m0/s1. The smallest absolute Gasteiger partial charge is 0.305 e. The highest BCUT2D eigenvalue weighted by atomic mass is 16.5. The molecule has 0 spiro atoms. The van der Waals surface area contributed by atoms with Gasteiger partial charge in [-0.25, -0.2) is 0 Å². The fourth-order valence-electron chi connectivity index (χ4n) is 5.24. The van der Waals surface area contributed by atoms with E-state index in [0.717, 1.165) is 77.3 Å². The fourth-order valence-corrected chi connectivity index (χ4v) is 5.24. The molecule has 0 aromatic heterocycles. The second-order valence-electron chi connectivity index (χ2n) is 9.55. The summed E-state index contributed by atoms with van der Waals surface area (Å²) < 4.78 is 6.11. The van der Waals surface area contributed by atoms with E-state index in [4.69, 9.17) is 15.9 Å². The molecule has 2 saturated heterocycles. The molecular weight excluding hydrogens is 422 g/mol. The lowest BCUT2D eigenvalue weighted by Crippen LogP contribution is -2.55. The van der Waals surface area contributed by atoms with Crippen LogP contribution in [0.1, 0.15) is 70.6 Å². The van der Waals surface area contributed by atoms with Gasteiger partial charge in [0.05, 0.1) is 18.6 Å². The van der Waals surface area contributed by atoms with Gasteiger partial charge < -0.3 is 30.7 Å². The van der Waals surface area contributed by atoms with Crippen LogP contribution in [-0.4, -0.2) is 83.2 Å². The van der Waals surface area contributed by atoms with Crippen LogP contribution < -0.4 is 11.1 Å². The van der Waals surface area contributed by atoms with Gasteiger partial charge in [-0.05, 0) is 64.2 Å². The Morgan fingerprint density at radius 2 is 1.79 bits per heavy atom. The summed E-state index contributed by atoms with van der Waals surface area (Å²) in [4.78, 5) is 28.8. The van der Waals surface area contributed by atoms with Crippen LogP contribution in [0.25, 0.3) is 0 Å². The largest absolute Gasteiger partial charge is 0.481 e. The summed E-state index contributed by atoms with van der Waals surface area (Å²) in [6, 6.07) is -0.416. The zero-order valence-corrected chi connectivity index (χ0v) is 19.7. The van der Waals surface area contributed by atoms with Crippen molar-refractivity contribution in [2.75, 3.05) is 26.2 Å². The Morgan fingerprint density at radius 1 is 1.09 bits per heavy atom. The lowest BCUT2D eigenvalue weighted by Gasteiger charge is -2.39. The number of carbonyl (C=O) groups is 2. The summed E-state index contributed by atoms with van der Waals surface area (Å²) in [5.74, 6) is -0.898. The number of rotatable bonds is 9. The maximum absolute atomic E-state index is 13.5. The molecular formula is C24H41N5O4. The average Bonchev–Trinajstić information content (AvgIpc) is 3.07. The normalized spacial score (nSPS) is 23.8. The molecule has 33 heavy (non-hydrogen) atoms. The molecule has 2 fully saturated rings. The molecule has 0 aromatic carbocycles. The summed E-state index contributed by atoms with van der Waals surface area (Å²) >= 11 is 0. The highest BCUT2D eigenvalue weighted by molar-refractivity contribution is 5.86. The Hall–Kier alpha value is -2.13. The Bertz CT molecular complexity index is 682. The van der Waals surface area contributed by atoms with Crippen LogP contribution in [0.3, 0.4) is 0 Å². The van der Waals surface area contributed by atoms with Crippen LogP contribution in [0.2, 0.25) is 0 Å². The van der Waals surface area contributed by atoms with Gasteiger partial charge in [0.1, 0.15) is 0 Å². The molecule has 186 valence electrons. The lowest BCUT2D eigenvalue weighted by molar-refractivity contribution is -0.145. The highest BCUT2D eigenvalue weighted by Gasteiger charge is 2.34. The molecule has 9 nitrogen and oxygen atoms in total. The molecule has 0 unspecified atom stereocenters. The van der Waals surface area contributed by atoms with Crippen LogP contribution in [0.5, 0.6) is 0 Å². The number of ether oxygens (including phenoxy) is 1. The van der Waals surface area contributed by atoms with Gasteiger partial charge in [-0.2, -0.15) is 0 Å². The molecule has 1 amide bonds. The monoisotopic (exact) mass is 463 g/mol. The first-order valence-electron chi connectivity index (χ1n) is 12.6. The van der Waals surface area contributed by atoms with Crippen LogP contribution in [-0.2, 0) is 14.3 Å². The number of piperidine rings is 2. The number of aliphatic carboxylic acids is 1. The SMILES string of the molecule is N=C(N)N1CCC(OCC[C@@H]2CCCCN2C(=O)[C@H](CC(=O)O)NC2CCC=CCC2)CC1. The Labute approximate surface area is 197 Å². The zero-order valence-electron chi connectivity index (χ0n) is 19.7.